The summed E-state index contributed by atoms with van der Waals surface area (Å²) in [7, 11) is 1.97. The number of carbonyl (C=O) groups excluding carboxylic acids is 1. The minimum Gasteiger partial charge on any atom is -0.475 e. The molecule has 2 aromatic heterocycles. The fourth-order valence-electron chi connectivity index (χ4n) is 4.66. The lowest BCUT2D eigenvalue weighted by Gasteiger charge is -2.46. The van der Waals surface area contributed by atoms with Gasteiger partial charge in [0.05, 0.1) is 11.1 Å². The summed E-state index contributed by atoms with van der Waals surface area (Å²) in [5, 5.41) is 18.7. The van der Waals surface area contributed by atoms with Crippen molar-refractivity contribution < 1.29 is 50.9 Å². The van der Waals surface area contributed by atoms with Crippen LogP contribution in [0.4, 0.5) is 26.3 Å². The van der Waals surface area contributed by atoms with Crippen LogP contribution in [0.2, 0.25) is 0 Å². The molecule has 41 heavy (non-hydrogen) atoms. The second-order valence-electron chi connectivity index (χ2n) is 9.76. The Labute approximate surface area is 231 Å². The molecule has 10 nitrogen and oxygen atoms in total. The van der Waals surface area contributed by atoms with E-state index >= 15 is 0 Å². The van der Waals surface area contributed by atoms with Crippen molar-refractivity contribution in [2.75, 3.05) is 19.6 Å². The van der Waals surface area contributed by atoms with Gasteiger partial charge in [-0.05, 0) is 63.4 Å². The molecule has 0 atom stereocenters. The first kappa shape index (κ1) is 33.5. The third-order valence-corrected chi connectivity index (χ3v) is 6.75. The summed E-state index contributed by atoms with van der Waals surface area (Å²) in [4.78, 5) is 39.7. The number of aryl methyl sites for hydroxylation is 2. The van der Waals surface area contributed by atoms with Crippen LogP contribution < -0.4 is 0 Å². The van der Waals surface area contributed by atoms with Crippen molar-refractivity contribution in [1.29, 1.82) is 0 Å². The van der Waals surface area contributed by atoms with Crippen LogP contribution in [-0.4, -0.2) is 84.6 Å². The number of aromatic nitrogens is 3. The number of nitrogens with zero attached hydrogens (tertiary/aromatic N) is 5. The fraction of sp³-hybridized carbons (Fsp3) is 0.560. The second-order valence-corrected chi connectivity index (χ2v) is 9.76. The first-order chi connectivity index (χ1) is 18.9. The molecule has 0 aliphatic carbocycles. The zero-order valence-corrected chi connectivity index (χ0v) is 22.4. The minimum absolute atomic E-state index is 0.147. The average Bonchev–Trinajstić information content (AvgIpc) is 3.20. The summed E-state index contributed by atoms with van der Waals surface area (Å²) in [5.74, 6) is -5.15. The Balaban J connectivity index is 0.000000349. The average molecular weight is 596 g/mol. The number of alkyl halides is 6. The van der Waals surface area contributed by atoms with Crippen LogP contribution in [0, 0.1) is 12.3 Å². The number of carboxylic acid groups (broad SMARTS) is 2. The molecule has 0 bridgehead atoms. The number of pyridine rings is 1. The lowest BCUT2D eigenvalue weighted by atomic mass is 9.71. The number of hydrogen-bond donors (Lipinski definition) is 2. The largest absolute Gasteiger partial charge is 0.490 e. The van der Waals surface area contributed by atoms with Crippen molar-refractivity contribution in [2.24, 2.45) is 12.5 Å². The molecule has 16 heteroatoms. The van der Waals surface area contributed by atoms with Gasteiger partial charge in [-0.3, -0.25) is 19.4 Å². The van der Waals surface area contributed by atoms with Gasteiger partial charge in [0, 0.05) is 50.8 Å². The highest BCUT2D eigenvalue weighted by molar-refractivity contribution is 5.83. The predicted molar refractivity (Wildman–Crippen MR) is 131 cm³/mol. The molecule has 1 spiro atoms. The first-order valence-electron chi connectivity index (χ1n) is 12.4. The summed E-state index contributed by atoms with van der Waals surface area (Å²) in [6, 6.07) is 4.01. The van der Waals surface area contributed by atoms with E-state index in [9.17, 15) is 31.1 Å². The molecule has 0 saturated carbocycles. The smallest absolute Gasteiger partial charge is 0.475 e. The molecule has 0 unspecified atom stereocenters. The highest BCUT2D eigenvalue weighted by atomic mass is 19.4. The fourth-order valence-corrected chi connectivity index (χ4v) is 4.66. The van der Waals surface area contributed by atoms with Crippen LogP contribution >= 0.6 is 0 Å². The molecule has 2 saturated heterocycles. The summed E-state index contributed by atoms with van der Waals surface area (Å²) in [6.45, 7) is 6.57. The van der Waals surface area contributed by atoms with E-state index in [0.717, 1.165) is 57.6 Å². The Hall–Kier alpha value is -3.69. The van der Waals surface area contributed by atoms with Gasteiger partial charge in [0.1, 0.15) is 0 Å². The quantitative estimate of drug-likeness (QED) is 0.511. The number of carbonyl (C=O) groups is 3. The zero-order chi connectivity index (χ0) is 31.0. The van der Waals surface area contributed by atoms with Crippen LogP contribution in [0.5, 0.6) is 0 Å². The van der Waals surface area contributed by atoms with Gasteiger partial charge in [-0.2, -0.15) is 31.4 Å². The number of halogens is 6. The Morgan fingerprint density at radius 3 is 1.88 bits per heavy atom. The SMILES string of the molecule is Cc1nn(C)cc1CN1CCC2(CCCN(Cc3ccncc3)C2=O)CC1.O=C(O)C(F)(F)F.O=C(O)C(F)(F)F. The Morgan fingerprint density at radius 1 is 0.927 bits per heavy atom. The molecule has 0 aromatic carbocycles. The van der Waals surface area contributed by atoms with E-state index in [-0.39, 0.29) is 5.41 Å². The molecule has 228 valence electrons. The Bertz CT molecular complexity index is 1150. The van der Waals surface area contributed by atoms with E-state index in [1.165, 1.54) is 11.1 Å². The maximum Gasteiger partial charge on any atom is 0.490 e. The van der Waals surface area contributed by atoms with Gasteiger partial charge in [0.25, 0.3) is 0 Å². The molecule has 2 aliphatic heterocycles. The Kier molecular flexibility index (Phi) is 11.3. The topological polar surface area (TPSA) is 129 Å². The van der Waals surface area contributed by atoms with Gasteiger partial charge in [-0.15, -0.1) is 0 Å². The van der Waals surface area contributed by atoms with Crippen LogP contribution in [0.15, 0.2) is 30.7 Å². The number of rotatable bonds is 4. The molecular formula is C25H31F6N5O5. The first-order valence-corrected chi connectivity index (χ1v) is 12.4. The van der Waals surface area contributed by atoms with Crippen molar-refractivity contribution in [2.45, 2.75) is 58.0 Å². The van der Waals surface area contributed by atoms with Crippen molar-refractivity contribution in [3.63, 3.8) is 0 Å². The van der Waals surface area contributed by atoms with E-state index in [1.54, 1.807) is 12.4 Å². The maximum atomic E-state index is 13.3. The van der Waals surface area contributed by atoms with Crippen molar-refractivity contribution in [3.8, 4) is 0 Å². The van der Waals surface area contributed by atoms with E-state index in [0.29, 0.717) is 12.5 Å². The number of aliphatic carboxylic acids is 2. The molecule has 1 amide bonds. The molecule has 2 N–H and O–H groups in total. The third-order valence-electron chi connectivity index (χ3n) is 6.75. The third kappa shape index (κ3) is 10.0. The molecule has 4 rings (SSSR count). The zero-order valence-electron chi connectivity index (χ0n) is 22.4. The minimum atomic E-state index is -5.08. The number of carboxylic acids is 2. The van der Waals surface area contributed by atoms with E-state index in [2.05, 4.69) is 33.0 Å². The van der Waals surface area contributed by atoms with Gasteiger partial charge in [-0.25, -0.2) is 9.59 Å². The normalized spacial score (nSPS) is 17.3. The van der Waals surface area contributed by atoms with Gasteiger partial charge in [0.2, 0.25) is 5.91 Å². The summed E-state index contributed by atoms with van der Waals surface area (Å²) >= 11 is 0. The van der Waals surface area contributed by atoms with Gasteiger partial charge >= 0.3 is 24.3 Å². The van der Waals surface area contributed by atoms with Crippen molar-refractivity contribution in [3.05, 3.63) is 47.5 Å². The lowest BCUT2D eigenvalue weighted by Crippen LogP contribution is -2.53. The summed E-state index contributed by atoms with van der Waals surface area (Å²) in [6.07, 6.45) is -0.355. The summed E-state index contributed by atoms with van der Waals surface area (Å²) in [5.41, 5.74) is 3.42. The number of hydrogen-bond acceptors (Lipinski definition) is 6. The standard InChI is InChI=1S/C21H29N5O.2C2HF3O2/c1-17-19(15-24(2)23-17)16-25-12-7-21(8-13-25)6-3-11-26(20(21)27)14-18-4-9-22-10-5-18;2*3-2(4,5)1(6)7/h4-5,9-10,15H,3,6-8,11-14,16H2,1-2H3;2*(H,6,7). The van der Waals surface area contributed by atoms with Crippen LogP contribution in [-0.2, 0) is 34.5 Å². The van der Waals surface area contributed by atoms with Crippen LogP contribution in [0.3, 0.4) is 0 Å². The molecule has 2 aliphatic rings. The van der Waals surface area contributed by atoms with Gasteiger partial charge in [-0.1, -0.05) is 0 Å². The van der Waals surface area contributed by atoms with Crippen LogP contribution in [0.25, 0.3) is 0 Å². The molecule has 4 heterocycles. The Morgan fingerprint density at radius 2 is 1.44 bits per heavy atom. The monoisotopic (exact) mass is 595 g/mol. The highest BCUT2D eigenvalue weighted by Gasteiger charge is 2.45. The van der Waals surface area contributed by atoms with Crippen LogP contribution in [0.1, 0.15) is 42.5 Å². The molecule has 0 radical (unpaired) electrons. The summed E-state index contributed by atoms with van der Waals surface area (Å²) < 4.78 is 65.4. The second kappa shape index (κ2) is 13.8. The van der Waals surface area contributed by atoms with Crippen molar-refractivity contribution >= 4 is 17.8 Å². The molecular weight excluding hydrogens is 564 g/mol. The van der Waals surface area contributed by atoms with Gasteiger partial charge in [0.15, 0.2) is 0 Å². The van der Waals surface area contributed by atoms with E-state index in [1.807, 2.05) is 23.9 Å². The number of amides is 1. The van der Waals surface area contributed by atoms with E-state index in [4.69, 9.17) is 19.8 Å². The van der Waals surface area contributed by atoms with Crippen molar-refractivity contribution in [1.82, 2.24) is 24.6 Å². The van der Waals surface area contributed by atoms with E-state index < -0.39 is 24.3 Å². The predicted octanol–water partition coefficient (Wildman–Crippen LogP) is 3.79. The molecule has 2 aromatic rings. The number of piperidine rings is 2. The lowest BCUT2D eigenvalue weighted by molar-refractivity contribution is -0.193. The maximum absolute atomic E-state index is 13.3. The van der Waals surface area contributed by atoms with Gasteiger partial charge < -0.3 is 15.1 Å². The molecule has 2 fully saturated rings. The number of likely N-dealkylation sites (tertiary alicyclic amines) is 2. The highest BCUT2D eigenvalue weighted by Crippen LogP contribution is 2.41.